The van der Waals surface area contributed by atoms with Crippen molar-refractivity contribution in [2.75, 3.05) is 5.32 Å². The minimum absolute atomic E-state index is 0.140. The number of hydrogen-bond acceptors (Lipinski definition) is 2. The molecule has 1 aromatic rings. The summed E-state index contributed by atoms with van der Waals surface area (Å²) in [5.74, 6) is -1.03. The highest BCUT2D eigenvalue weighted by atomic mass is 35.8. The Labute approximate surface area is 176 Å². The average Bonchev–Trinajstić information content (AvgIpc) is 2.56. The highest BCUT2D eigenvalue weighted by Gasteiger charge is 2.23. The molecule has 2 N–H and O–H groups in total. The Kier molecular flexibility index (Phi) is 11.1. The summed E-state index contributed by atoms with van der Waals surface area (Å²) in [6, 6.07) is 5.31. The summed E-state index contributed by atoms with van der Waals surface area (Å²) in [6.07, 6.45) is 8.15. The fourth-order valence-corrected chi connectivity index (χ4v) is 4.51. The molecule has 0 fully saturated rings. The largest absolute Gasteiger partial charge is 0.478 e. The van der Waals surface area contributed by atoms with Crippen LogP contribution in [-0.2, 0) is 9.59 Å². The van der Waals surface area contributed by atoms with Crippen LogP contribution >= 0.6 is 33.2 Å². The van der Waals surface area contributed by atoms with Crippen LogP contribution in [0.15, 0.2) is 29.8 Å². The van der Waals surface area contributed by atoms with Crippen LogP contribution in [0.4, 0.5) is 5.69 Å². The first-order chi connectivity index (χ1) is 12.7. The molecule has 0 saturated carbocycles. The Bertz CT molecular complexity index is 643. The Balaban J connectivity index is 2.38. The molecule has 0 unspecified atom stereocenters. The third-order valence-corrected chi connectivity index (χ3v) is 6.62. The first-order valence-electron chi connectivity index (χ1n) is 9.05. The molecule has 0 radical (unpaired) electrons. The summed E-state index contributed by atoms with van der Waals surface area (Å²) in [5, 5.41) is 12.1. The van der Waals surface area contributed by atoms with Crippen molar-refractivity contribution in [1.82, 2.24) is 0 Å². The van der Waals surface area contributed by atoms with Crippen molar-refractivity contribution in [2.45, 2.75) is 57.9 Å². The lowest BCUT2D eigenvalue weighted by Gasteiger charge is -2.07. The Hall–Kier alpha value is -1.01. The van der Waals surface area contributed by atoms with Crippen molar-refractivity contribution in [3.8, 4) is 0 Å². The topological polar surface area (TPSA) is 66.4 Å². The second-order valence-corrected chi connectivity index (χ2v) is 15.8. The maximum absolute atomic E-state index is 11.5. The van der Waals surface area contributed by atoms with E-state index in [1.807, 2.05) is 0 Å². The predicted octanol–water partition coefficient (Wildman–Crippen LogP) is 6.50. The Morgan fingerprint density at radius 2 is 1.56 bits per heavy atom. The van der Waals surface area contributed by atoms with E-state index in [0.717, 1.165) is 44.1 Å². The molecule has 8 heteroatoms. The molecule has 0 aliphatic heterocycles. The lowest BCUT2D eigenvalue weighted by Crippen LogP contribution is -2.07. The quantitative estimate of drug-likeness (QED) is 0.165. The van der Waals surface area contributed by atoms with Crippen LogP contribution in [0, 0.1) is 0 Å². The molecule has 0 aromatic heterocycles. The summed E-state index contributed by atoms with van der Waals surface area (Å²) in [6.45, 7) is 1.44. The first-order valence-corrected chi connectivity index (χ1v) is 14.3. The zero-order valence-electron chi connectivity index (χ0n) is 15.4. The van der Waals surface area contributed by atoms with E-state index in [4.69, 9.17) is 33.2 Å². The van der Waals surface area contributed by atoms with Crippen LogP contribution in [0.1, 0.15) is 57.4 Å². The molecule has 0 heterocycles. The number of anilines is 1. The highest BCUT2D eigenvalue weighted by Crippen LogP contribution is 2.27. The second kappa shape index (κ2) is 12.4. The minimum Gasteiger partial charge on any atom is -0.478 e. The SMILES string of the molecule is CC(=O)Nc1ccc(/C=C(\CCCCCCCC[Si](Cl)(Cl)Cl)C(=O)O)cc1. The molecule has 0 aliphatic rings. The number of carboxylic acid groups (broad SMARTS) is 1. The number of rotatable bonds is 12. The van der Waals surface area contributed by atoms with Crippen molar-refractivity contribution in [3.05, 3.63) is 35.4 Å². The summed E-state index contributed by atoms with van der Waals surface area (Å²) < 4.78 is 0. The number of carbonyl (C=O) groups is 2. The van der Waals surface area contributed by atoms with Gasteiger partial charge < -0.3 is 10.4 Å². The van der Waals surface area contributed by atoms with E-state index in [9.17, 15) is 14.7 Å². The van der Waals surface area contributed by atoms with E-state index < -0.39 is 12.0 Å². The van der Waals surface area contributed by atoms with Gasteiger partial charge in [0.15, 0.2) is 0 Å². The fourth-order valence-electron chi connectivity index (χ4n) is 2.66. The Morgan fingerprint density at radius 1 is 1.00 bits per heavy atom. The molecule has 0 atom stereocenters. The van der Waals surface area contributed by atoms with Gasteiger partial charge in [0, 0.05) is 18.2 Å². The van der Waals surface area contributed by atoms with Crippen molar-refractivity contribution in [3.63, 3.8) is 0 Å². The van der Waals surface area contributed by atoms with Crippen molar-refractivity contribution < 1.29 is 14.7 Å². The van der Waals surface area contributed by atoms with E-state index in [2.05, 4.69) is 5.32 Å². The molecule has 0 spiro atoms. The first kappa shape index (κ1) is 24.0. The van der Waals surface area contributed by atoms with E-state index in [-0.39, 0.29) is 5.91 Å². The molecule has 27 heavy (non-hydrogen) atoms. The van der Waals surface area contributed by atoms with E-state index in [1.165, 1.54) is 6.92 Å². The minimum atomic E-state index is -2.49. The van der Waals surface area contributed by atoms with Gasteiger partial charge in [-0.25, -0.2) is 4.79 Å². The lowest BCUT2D eigenvalue weighted by molar-refractivity contribution is -0.132. The third kappa shape index (κ3) is 12.1. The normalized spacial score (nSPS) is 12.1. The standard InChI is InChI=1S/C19H26Cl3NO3Si/c1-15(24)23-18-11-9-16(10-12-18)14-17(19(25)26)8-6-4-2-3-5-7-13-27(20,21)22/h9-12,14H,2-8,13H2,1H3,(H,23,24)(H,25,26)/b17-14+. The van der Waals surface area contributed by atoms with Crippen LogP contribution < -0.4 is 5.32 Å². The van der Waals surface area contributed by atoms with Crippen LogP contribution in [0.2, 0.25) is 6.04 Å². The zero-order chi connectivity index (χ0) is 20.3. The van der Waals surface area contributed by atoms with Gasteiger partial charge in [0.25, 0.3) is 0 Å². The van der Waals surface area contributed by atoms with Crippen LogP contribution in [0.3, 0.4) is 0 Å². The van der Waals surface area contributed by atoms with Gasteiger partial charge in [-0.1, -0.05) is 44.2 Å². The molecule has 0 saturated heterocycles. The van der Waals surface area contributed by atoms with Gasteiger partial charge in [0.2, 0.25) is 5.91 Å². The van der Waals surface area contributed by atoms with Crippen LogP contribution in [0.25, 0.3) is 6.08 Å². The number of nitrogens with one attached hydrogen (secondary N) is 1. The molecule has 1 rings (SSSR count). The maximum atomic E-state index is 11.5. The zero-order valence-corrected chi connectivity index (χ0v) is 18.7. The van der Waals surface area contributed by atoms with Gasteiger partial charge in [0.1, 0.15) is 0 Å². The van der Waals surface area contributed by atoms with Crippen LogP contribution in [-0.4, -0.2) is 23.0 Å². The molecular formula is C19H26Cl3NO3Si. The van der Waals surface area contributed by atoms with Crippen molar-refractivity contribution >= 4 is 62.9 Å². The summed E-state index contributed by atoms with van der Waals surface area (Å²) in [4.78, 5) is 22.5. The van der Waals surface area contributed by atoms with Gasteiger partial charge in [-0.15, -0.1) is 33.2 Å². The molecule has 150 valence electrons. The smallest absolute Gasteiger partial charge is 0.341 e. The molecular weight excluding hydrogens is 425 g/mol. The van der Waals surface area contributed by atoms with E-state index in [1.54, 1.807) is 30.3 Å². The molecule has 0 bridgehead atoms. The maximum Gasteiger partial charge on any atom is 0.341 e. The van der Waals surface area contributed by atoms with Gasteiger partial charge in [-0.05, 0) is 42.7 Å². The van der Waals surface area contributed by atoms with Gasteiger partial charge >= 0.3 is 12.0 Å². The number of carbonyl (C=O) groups excluding carboxylic acids is 1. The fraction of sp³-hybridized carbons (Fsp3) is 0.474. The average molecular weight is 451 g/mol. The summed E-state index contributed by atoms with van der Waals surface area (Å²) in [7, 11) is 0. The number of benzene rings is 1. The van der Waals surface area contributed by atoms with Crippen LogP contribution in [0.5, 0.6) is 0 Å². The summed E-state index contributed by atoms with van der Waals surface area (Å²) in [5.41, 5.74) is 1.88. The number of aliphatic carboxylic acids is 1. The lowest BCUT2D eigenvalue weighted by atomic mass is 10.0. The molecule has 4 nitrogen and oxygen atoms in total. The third-order valence-electron chi connectivity index (χ3n) is 4.00. The van der Waals surface area contributed by atoms with E-state index in [0.29, 0.717) is 23.7 Å². The number of unbranched alkanes of at least 4 members (excludes halogenated alkanes) is 5. The highest BCUT2D eigenvalue weighted by molar-refractivity contribution is 7.64. The number of amides is 1. The molecule has 0 aliphatic carbocycles. The number of carboxylic acids is 1. The van der Waals surface area contributed by atoms with Crippen molar-refractivity contribution in [2.24, 2.45) is 0 Å². The number of hydrogen-bond donors (Lipinski definition) is 2. The number of halogens is 3. The van der Waals surface area contributed by atoms with E-state index >= 15 is 0 Å². The predicted molar refractivity (Wildman–Crippen MR) is 117 cm³/mol. The van der Waals surface area contributed by atoms with Gasteiger partial charge in [0.05, 0.1) is 0 Å². The monoisotopic (exact) mass is 449 g/mol. The second-order valence-electron chi connectivity index (χ2n) is 6.51. The van der Waals surface area contributed by atoms with Crippen molar-refractivity contribution in [1.29, 1.82) is 0 Å². The Morgan fingerprint density at radius 3 is 2.07 bits per heavy atom. The van der Waals surface area contributed by atoms with Gasteiger partial charge in [-0.2, -0.15) is 0 Å². The molecule has 1 amide bonds. The van der Waals surface area contributed by atoms with Gasteiger partial charge in [-0.3, -0.25) is 4.79 Å². The summed E-state index contributed by atoms with van der Waals surface area (Å²) >= 11 is 17.5. The molecule has 1 aromatic carbocycles.